The highest BCUT2D eigenvalue weighted by Crippen LogP contribution is 2.20. The molecule has 8 heteroatoms. The lowest BCUT2D eigenvalue weighted by atomic mass is 10.1. The number of carbonyl (C=O) groups is 3. The molecule has 8 nitrogen and oxygen atoms in total. The molecule has 3 amide bonds. The molecular weight excluding hydrogens is 408 g/mol. The van der Waals surface area contributed by atoms with Gasteiger partial charge in [-0.2, -0.15) is 0 Å². The molecule has 32 heavy (non-hydrogen) atoms. The Bertz CT molecular complexity index is 970. The number of rotatable bonds is 9. The summed E-state index contributed by atoms with van der Waals surface area (Å²) in [5.74, 6) is -0.514. The molecule has 1 aliphatic heterocycles. The van der Waals surface area contributed by atoms with Crippen LogP contribution >= 0.6 is 0 Å². The second-order valence-electron chi connectivity index (χ2n) is 7.76. The van der Waals surface area contributed by atoms with Crippen molar-refractivity contribution >= 4 is 34.8 Å². The van der Waals surface area contributed by atoms with E-state index in [4.69, 9.17) is 4.74 Å². The van der Waals surface area contributed by atoms with Crippen molar-refractivity contribution in [2.24, 2.45) is 0 Å². The Hall–Kier alpha value is -3.39. The number of nitrogens with one attached hydrogen (secondary N) is 4. The fourth-order valence-electron chi connectivity index (χ4n) is 3.34. The van der Waals surface area contributed by atoms with Crippen molar-refractivity contribution < 1.29 is 19.1 Å². The summed E-state index contributed by atoms with van der Waals surface area (Å²) in [6.45, 7) is 4.97. The molecule has 0 bridgehead atoms. The fourth-order valence-corrected chi connectivity index (χ4v) is 3.34. The zero-order valence-electron chi connectivity index (χ0n) is 18.5. The van der Waals surface area contributed by atoms with Gasteiger partial charge < -0.3 is 26.0 Å². The molecule has 2 aromatic rings. The summed E-state index contributed by atoms with van der Waals surface area (Å²) in [6, 6.07) is 12.3. The summed E-state index contributed by atoms with van der Waals surface area (Å²) in [5.41, 5.74) is 3.39. The molecule has 3 rings (SSSR count). The van der Waals surface area contributed by atoms with Crippen molar-refractivity contribution in [1.82, 2.24) is 5.32 Å². The van der Waals surface area contributed by atoms with E-state index in [1.807, 2.05) is 19.1 Å². The van der Waals surface area contributed by atoms with E-state index in [2.05, 4.69) is 21.3 Å². The number of hydrogen-bond donors (Lipinski definition) is 4. The average molecular weight is 439 g/mol. The Labute approximate surface area is 188 Å². The fraction of sp³-hybridized carbons (Fsp3) is 0.375. The van der Waals surface area contributed by atoms with Crippen LogP contribution in [0.4, 0.5) is 17.1 Å². The number of aryl methyl sites for hydroxylation is 1. The second kappa shape index (κ2) is 11.3. The molecule has 170 valence electrons. The maximum Gasteiger partial charge on any atom is 0.251 e. The predicted octanol–water partition coefficient (Wildman–Crippen LogP) is 3.30. The van der Waals surface area contributed by atoms with E-state index in [9.17, 15) is 14.4 Å². The first kappa shape index (κ1) is 23.3. The minimum absolute atomic E-state index is 0.0413. The average Bonchev–Trinajstić information content (AvgIpc) is 3.31. The van der Waals surface area contributed by atoms with E-state index >= 15 is 0 Å². The molecule has 1 heterocycles. The number of anilines is 3. The first-order valence-electron chi connectivity index (χ1n) is 10.9. The van der Waals surface area contributed by atoms with Gasteiger partial charge in [0, 0.05) is 42.2 Å². The van der Waals surface area contributed by atoms with Gasteiger partial charge in [0.05, 0.1) is 12.6 Å². The van der Waals surface area contributed by atoms with Gasteiger partial charge in [-0.3, -0.25) is 14.4 Å². The van der Waals surface area contributed by atoms with Crippen LogP contribution in [0.25, 0.3) is 0 Å². The van der Waals surface area contributed by atoms with Crippen LogP contribution in [0.2, 0.25) is 0 Å². The zero-order valence-corrected chi connectivity index (χ0v) is 18.5. The highest BCUT2D eigenvalue weighted by atomic mass is 16.5. The molecule has 0 saturated carbocycles. The second-order valence-corrected chi connectivity index (χ2v) is 7.76. The number of carbonyl (C=O) groups excluding carboxylic acids is 3. The van der Waals surface area contributed by atoms with Gasteiger partial charge in [0.25, 0.3) is 5.91 Å². The molecule has 1 fully saturated rings. The Morgan fingerprint density at radius 2 is 1.88 bits per heavy atom. The van der Waals surface area contributed by atoms with E-state index in [1.165, 1.54) is 0 Å². The standard InChI is InChI=1S/C24H30N4O4/c1-3-22(29)28-21-13-18(10-9-16(21)2)25-15-23(30)27-19-7-4-6-17(12-19)24(31)26-14-20-8-5-11-32-20/h4,6-7,9-10,12-13,20,25H,3,5,8,11,14-15H2,1-2H3,(H,26,31)(H,27,30)(H,28,29). The Kier molecular flexibility index (Phi) is 8.21. The molecule has 1 aliphatic rings. The van der Waals surface area contributed by atoms with Crippen molar-refractivity contribution in [3.05, 3.63) is 53.6 Å². The number of hydrogen-bond acceptors (Lipinski definition) is 5. The van der Waals surface area contributed by atoms with Crippen LogP contribution in [-0.2, 0) is 14.3 Å². The Morgan fingerprint density at radius 3 is 2.62 bits per heavy atom. The van der Waals surface area contributed by atoms with Crippen LogP contribution < -0.4 is 21.3 Å². The summed E-state index contributed by atoms with van der Waals surface area (Å²) in [4.78, 5) is 36.4. The maximum atomic E-state index is 12.4. The lowest BCUT2D eigenvalue weighted by Gasteiger charge is -2.13. The summed E-state index contributed by atoms with van der Waals surface area (Å²) in [6.07, 6.45) is 2.44. The third-order valence-corrected chi connectivity index (χ3v) is 5.21. The van der Waals surface area contributed by atoms with Gasteiger partial charge in [0.2, 0.25) is 11.8 Å². The highest BCUT2D eigenvalue weighted by molar-refractivity contribution is 5.98. The van der Waals surface area contributed by atoms with Crippen LogP contribution in [0.3, 0.4) is 0 Å². The van der Waals surface area contributed by atoms with E-state index in [1.54, 1.807) is 37.3 Å². The quantitative estimate of drug-likeness (QED) is 0.480. The van der Waals surface area contributed by atoms with Crippen LogP contribution in [0.5, 0.6) is 0 Å². The van der Waals surface area contributed by atoms with Crippen LogP contribution in [0.1, 0.15) is 42.1 Å². The predicted molar refractivity (Wildman–Crippen MR) is 125 cm³/mol. The first-order valence-corrected chi connectivity index (χ1v) is 10.9. The van der Waals surface area contributed by atoms with Gasteiger partial charge >= 0.3 is 0 Å². The summed E-state index contributed by atoms with van der Waals surface area (Å²) in [5, 5.41) is 11.6. The van der Waals surface area contributed by atoms with Gasteiger partial charge in [-0.15, -0.1) is 0 Å². The largest absolute Gasteiger partial charge is 0.376 e. The van der Waals surface area contributed by atoms with Crippen LogP contribution in [-0.4, -0.2) is 43.5 Å². The van der Waals surface area contributed by atoms with Crippen molar-refractivity contribution in [2.45, 2.75) is 39.2 Å². The summed E-state index contributed by atoms with van der Waals surface area (Å²) < 4.78 is 5.52. The minimum atomic E-state index is -0.248. The van der Waals surface area contributed by atoms with Gasteiger partial charge in [-0.25, -0.2) is 0 Å². The van der Waals surface area contributed by atoms with E-state index in [0.717, 1.165) is 30.7 Å². The highest BCUT2D eigenvalue weighted by Gasteiger charge is 2.17. The molecule has 0 aliphatic carbocycles. The Morgan fingerprint density at radius 1 is 1.03 bits per heavy atom. The lowest BCUT2D eigenvalue weighted by molar-refractivity contribution is -0.116. The van der Waals surface area contributed by atoms with Crippen LogP contribution in [0.15, 0.2) is 42.5 Å². The van der Waals surface area contributed by atoms with Gasteiger partial charge in [0.15, 0.2) is 0 Å². The SMILES string of the molecule is CCC(=O)Nc1cc(NCC(=O)Nc2cccc(C(=O)NCC3CCCO3)c2)ccc1C. The lowest BCUT2D eigenvalue weighted by Crippen LogP contribution is -2.31. The first-order chi connectivity index (χ1) is 15.4. The van der Waals surface area contributed by atoms with Crippen molar-refractivity contribution in [2.75, 3.05) is 35.6 Å². The third kappa shape index (κ3) is 6.81. The van der Waals surface area contributed by atoms with E-state index < -0.39 is 0 Å². The van der Waals surface area contributed by atoms with Crippen molar-refractivity contribution in [1.29, 1.82) is 0 Å². The van der Waals surface area contributed by atoms with Crippen LogP contribution in [0, 0.1) is 6.92 Å². The maximum absolute atomic E-state index is 12.4. The van der Waals surface area contributed by atoms with Gasteiger partial charge in [0.1, 0.15) is 0 Å². The van der Waals surface area contributed by atoms with Crippen molar-refractivity contribution in [3.63, 3.8) is 0 Å². The molecule has 2 aromatic carbocycles. The smallest absolute Gasteiger partial charge is 0.251 e. The molecule has 4 N–H and O–H groups in total. The number of benzene rings is 2. The topological polar surface area (TPSA) is 109 Å². The van der Waals surface area contributed by atoms with E-state index in [-0.39, 0.29) is 30.4 Å². The number of ether oxygens (including phenoxy) is 1. The molecule has 0 radical (unpaired) electrons. The minimum Gasteiger partial charge on any atom is -0.376 e. The normalized spacial score (nSPS) is 15.1. The Balaban J connectivity index is 1.51. The monoisotopic (exact) mass is 438 g/mol. The zero-order chi connectivity index (χ0) is 22.9. The molecular formula is C24H30N4O4. The summed E-state index contributed by atoms with van der Waals surface area (Å²) in [7, 11) is 0. The molecule has 1 saturated heterocycles. The molecule has 0 aromatic heterocycles. The number of amides is 3. The van der Waals surface area contributed by atoms with Crippen molar-refractivity contribution in [3.8, 4) is 0 Å². The molecule has 0 spiro atoms. The van der Waals surface area contributed by atoms with Gasteiger partial charge in [-0.05, 0) is 55.7 Å². The van der Waals surface area contributed by atoms with Gasteiger partial charge in [-0.1, -0.05) is 19.1 Å². The summed E-state index contributed by atoms with van der Waals surface area (Å²) >= 11 is 0. The molecule has 1 atom stereocenters. The molecule has 1 unspecified atom stereocenters. The third-order valence-electron chi connectivity index (χ3n) is 5.21. The van der Waals surface area contributed by atoms with E-state index in [0.29, 0.717) is 29.9 Å².